The van der Waals surface area contributed by atoms with E-state index in [2.05, 4.69) is 15.4 Å². The second-order valence-electron chi connectivity index (χ2n) is 6.55. The lowest BCUT2D eigenvalue weighted by molar-refractivity contribution is -0.176. The van der Waals surface area contributed by atoms with E-state index in [9.17, 15) is 22.8 Å². The largest absolute Gasteiger partial charge is 0.411 e. The number of para-hydroxylation sites is 1. The molecule has 1 fully saturated rings. The van der Waals surface area contributed by atoms with Crippen molar-refractivity contribution in [3.63, 3.8) is 0 Å². The van der Waals surface area contributed by atoms with E-state index in [1.54, 1.807) is 24.3 Å². The van der Waals surface area contributed by atoms with Gasteiger partial charge in [0.15, 0.2) is 0 Å². The standard InChI is InChI=1S/C20H19F3N2O3/c21-20(22,23)12-28-11-13-5-7-14(8-6-13)18(26)25-17-4-2-1-3-16(17)19(27)24-15-9-10-15/h1-8,15H,9-12H2,(H,24,27)(H,25,26). The number of nitrogens with one attached hydrogen (secondary N) is 2. The van der Waals surface area contributed by atoms with Gasteiger partial charge in [0.05, 0.1) is 17.9 Å². The summed E-state index contributed by atoms with van der Waals surface area (Å²) in [4.78, 5) is 24.8. The van der Waals surface area contributed by atoms with E-state index >= 15 is 0 Å². The Morgan fingerprint density at radius 2 is 1.68 bits per heavy atom. The van der Waals surface area contributed by atoms with Gasteiger partial charge in [-0.2, -0.15) is 13.2 Å². The molecule has 8 heteroatoms. The minimum Gasteiger partial charge on any atom is -0.367 e. The Morgan fingerprint density at radius 3 is 2.32 bits per heavy atom. The zero-order valence-electron chi connectivity index (χ0n) is 14.9. The van der Waals surface area contributed by atoms with Gasteiger partial charge in [-0.05, 0) is 42.7 Å². The fraction of sp³-hybridized carbons (Fsp3) is 0.300. The molecule has 0 heterocycles. The van der Waals surface area contributed by atoms with Gasteiger partial charge >= 0.3 is 6.18 Å². The van der Waals surface area contributed by atoms with Gasteiger partial charge in [0, 0.05) is 11.6 Å². The number of carbonyl (C=O) groups excluding carboxylic acids is 2. The van der Waals surface area contributed by atoms with Crippen LogP contribution < -0.4 is 10.6 Å². The first kappa shape index (κ1) is 19.9. The molecule has 0 radical (unpaired) electrons. The molecular weight excluding hydrogens is 373 g/mol. The van der Waals surface area contributed by atoms with Crippen molar-refractivity contribution in [3.05, 3.63) is 65.2 Å². The third kappa shape index (κ3) is 5.82. The molecule has 1 aliphatic carbocycles. The SMILES string of the molecule is O=C(Nc1ccccc1C(=O)NC1CC1)c1ccc(COCC(F)(F)F)cc1. The summed E-state index contributed by atoms with van der Waals surface area (Å²) >= 11 is 0. The van der Waals surface area contributed by atoms with Crippen LogP contribution in [0.15, 0.2) is 48.5 Å². The Kier molecular flexibility index (Phi) is 5.99. The fourth-order valence-corrected chi connectivity index (χ4v) is 2.51. The Hall–Kier alpha value is -2.87. The van der Waals surface area contributed by atoms with Crippen LogP contribution in [0.4, 0.5) is 18.9 Å². The van der Waals surface area contributed by atoms with Gasteiger partial charge in [-0.15, -0.1) is 0 Å². The lowest BCUT2D eigenvalue weighted by Crippen LogP contribution is -2.27. The average Bonchev–Trinajstić information content (AvgIpc) is 3.45. The molecule has 0 bridgehead atoms. The maximum absolute atomic E-state index is 12.5. The van der Waals surface area contributed by atoms with Crippen molar-refractivity contribution in [2.75, 3.05) is 11.9 Å². The quantitative estimate of drug-likeness (QED) is 0.751. The first-order valence-electron chi connectivity index (χ1n) is 8.76. The number of alkyl halides is 3. The molecule has 2 amide bonds. The number of hydrogen-bond donors (Lipinski definition) is 2. The second kappa shape index (κ2) is 8.43. The Labute approximate surface area is 159 Å². The van der Waals surface area contributed by atoms with E-state index in [4.69, 9.17) is 0 Å². The van der Waals surface area contributed by atoms with Gasteiger partial charge < -0.3 is 15.4 Å². The molecule has 1 aliphatic rings. The molecule has 0 aromatic heterocycles. The van der Waals surface area contributed by atoms with Crippen LogP contribution in [0.5, 0.6) is 0 Å². The number of ether oxygens (including phenoxy) is 1. The Morgan fingerprint density at radius 1 is 1.00 bits per heavy atom. The Balaban J connectivity index is 1.61. The first-order chi connectivity index (χ1) is 13.3. The van der Waals surface area contributed by atoms with Crippen LogP contribution in [0.3, 0.4) is 0 Å². The second-order valence-corrected chi connectivity index (χ2v) is 6.55. The Bertz CT molecular complexity index is 847. The monoisotopic (exact) mass is 392 g/mol. The summed E-state index contributed by atoms with van der Waals surface area (Å²) in [5, 5.41) is 5.58. The van der Waals surface area contributed by atoms with Gasteiger partial charge in [0.25, 0.3) is 11.8 Å². The molecule has 2 N–H and O–H groups in total. The normalized spacial score (nSPS) is 13.8. The predicted octanol–water partition coefficient (Wildman–Crippen LogP) is 3.91. The highest BCUT2D eigenvalue weighted by molar-refractivity contribution is 6.09. The fourth-order valence-electron chi connectivity index (χ4n) is 2.51. The summed E-state index contributed by atoms with van der Waals surface area (Å²) in [6.07, 6.45) is -2.46. The van der Waals surface area contributed by atoms with Gasteiger partial charge in [-0.25, -0.2) is 0 Å². The van der Waals surface area contributed by atoms with Crippen LogP contribution in [0.2, 0.25) is 0 Å². The van der Waals surface area contributed by atoms with Crippen LogP contribution in [0, 0.1) is 0 Å². The van der Waals surface area contributed by atoms with Crippen LogP contribution >= 0.6 is 0 Å². The van der Waals surface area contributed by atoms with Crippen molar-refractivity contribution in [2.24, 2.45) is 0 Å². The van der Waals surface area contributed by atoms with Crippen molar-refractivity contribution >= 4 is 17.5 Å². The summed E-state index contributed by atoms with van der Waals surface area (Å²) in [5.41, 5.74) is 1.60. The third-order valence-electron chi connectivity index (χ3n) is 4.08. The molecule has 148 valence electrons. The summed E-state index contributed by atoms with van der Waals surface area (Å²) in [5.74, 6) is -0.662. The van der Waals surface area contributed by atoms with Crippen molar-refractivity contribution in [3.8, 4) is 0 Å². The smallest absolute Gasteiger partial charge is 0.367 e. The molecule has 0 atom stereocenters. The van der Waals surface area contributed by atoms with Crippen LogP contribution in [0.25, 0.3) is 0 Å². The summed E-state index contributed by atoms with van der Waals surface area (Å²) < 4.78 is 40.9. The van der Waals surface area contributed by atoms with E-state index < -0.39 is 18.7 Å². The number of rotatable bonds is 7. The van der Waals surface area contributed by atoms with E-state index in [0.717, 1.165) is 12.8 Å². The number of carbonyl (C=O) groups is 2. The average molecular weight is 392 g/mol. The van der Waals surface area contributed by atoms with Crippen molar-refractivity contribution in [2.45, 2.75) is 31.7 Å². The number of halogens is 3. The molecule has 2 aromatic rings. The summed E-state index contributed by atoms with van der Waals surface area (Å²) in [6, 6.07) is 12.9. The lowest BCUT2D eigenvalue weighted by atomic mass is 10.1. The zero-order chi connectivity index (χ0) is 20.1. The molecule has 0 saturated heterocycles. The summed E-state index contributed by atoms with van der Waals surface area (Å²) in [6.45, 7) is -1.53. The van der Waals surface area contributed by atoms with Gasteiger partial charge in [0.1, 0.15) is 6.61 Å². The minimum atomic E-state index is -4.38. The molecule has 0 spiro atoms. The van der Waals surface area contributed by atoms with Gasteiger partial charge in [0.2, 0.25) is 0 Å². The molecular formula is C20H19F3N2O3. The number of benzene rings is 2. The van der Waals surface area contributed by atoms with Gasteiger partial charge in [-0.3, -0.25) is 9.59 Å². The zero-order valence-corrected chi connectivity index (χ0v) is 14.9. The highest BCUT2D eigenvalue weighted by atomic mass is 19.4. The van der Waals surface area contributed by atoms with Crippen LogP contribution in [-0.4, -0.2) is 30.6 Å². The highest BCUT2D eigenvalue weighted by Gasteiger charge is 2.27. The maximum Gasteiger partial charge on any atom is 0.411 e. The van der Waals surface area contributed by atoms with Crippen molar-refractivity contribution in [1.29, 1.82) is 0 Å². The van der Waals surface area contributed by atoms with Crippen LogP contribution in [-0.2, 0) is 11.3 Å². The molecule has 0 aliphatic heterocycles. The highest BCUT2D eigenvalue weighted by Crippen LogP contribution is 2.22. The lowest BCUT2D eigenvalue weighted by Gasteiger charge is -2.12. The molecule has 0 unspecified atom stereocenters. The van der Waals surface area contributed by atoms with E-state index in [1.165, 1.54) is 24.3 Å². The van der Waals surface area contributed by atoms with Crippen molar-refractivity contribution in [1.82, 2.24) is 5.32 Å². The molecule has 28 heavy (non-hydrogen) atoms. The van der Waals surface area contributed by atoms with E-state index in [0.29, 0.717) is 22.4 Å². The van der Waals surface area contributed by atoms with Crippen molar-refractivity contribution < 1.29 is 27.5 Å². The number of hydrogen-bond acceptors (Lipinski definition) is 3. The summed E-state index contributed by atoms with van der Waals surface area (Å²) in [7, 11) is 0. The molecule has 5 nitrogen and oxygen atoms in total. The minimum absolute atomic E-state index is 0.198. The molecule has 1 saturated carbocycles. The maximum atomic E-state index is 12.5. The topological polar surface area (TPSA) is 67.4 Å². The van der Waals surface area contributed by atoms with E-state index in [-0.39, 0.29) is 18.6 Å². The first-order valence-corrected chi connectivity index (χ1v) is 8.76. The molecule has 2 aromatic carbocycles. The van der Waals surface area contributed by atoms with E-state index in [1.807, 2.05) is 0 Å². The predicted molar refractivity (Wildman–Crippen MR) is 97.0 cm³/mol. The molecule has 3 rings (SSSR count). The van der Waals surface area contributed by atoms with Crippen LogP contribution in [0.1, 0.15) is 39.1 Å². The third-order valence-corrected chi connectivity index (χ3v) is 4.08. The van der Waals surface area contributed by atoms with Gasteiger partial charge in [-0.1, -0.05) is 24.3 Å². The number of anilines is 1. The number of amides is 2.